The van der Waals surface area contributed by atoms with E-state index < -0.39 is 10.0 Å². The maximum Gasteiger partial charge on any atom is 0.208 e. The van der Waals surface area contributed by atoms with Crippen LogP contribution < -0.4 is 4.72 Å². The summed E-state index contributed by atoms with van der Waals surface area (Å²) in [7, 11) is -3.11. The minimum absolute atomic E-state index is 0.0619. The molecule has 1 fully saturated rings. The minimum Gasteiger partial charge on any atom is -0.299 e. The van der Waals surface area contributed by atoms with E-state index in [9.17, 15) is 8.42 Å². The highest BCUT2D eigenvalue weighted by Crippen LogP contribution is 2.21. The van der Waals surface area contributed by atoms with Crippen LogP contribution >= 0.6 is 11.8 Å². The summed E-state index contributed by atoms with van der Waals surface area (Å²) >= 11 is 1.70. The lowest BCUT2D eigenvalue weighted by molar-refractivity contribution is 0.199. The van der Waals surface area contributed by atoms with Gasteiger partial charge >= 0.3 is 0 Å². The summed E-state index contributed by atoms with van der Waals surface area (Å²) in [5.41, 5.74) is 1.10. The van der Waals surface area contributed by atoms with E-state index in [0.717, 1.165) is 49.6 Å². The van der Waals surface area contributed by atoms with Gasteiger partial charge in [0.25, 0.3) is 0 Å². The highest BCUT2D eigenvalue weighted by molar-refractivity contribution is 7.99. The Morgan fingerprint density at radius 3 is 2.48 bits per heavy atom. The first-order chi connectivity index (χ1) is 10.9. The van der Waals surface area contributed by atoms with E-state index >= 15 is 0 Å². The zero-order valence-corrected chi connectivity index (χ0v) is 15.7. The van der Waals surface area contributed by atoms with Crippen LogP contribution in [0.3, 0.4) is 0 Å². The summed E-state index contributed by atoms with van der Waals surface area (Å²) in [4.78, 5) is 11.2. The third kappa shape index (κ3) is 6.74. The predicted molar refractivity (Wildman–Crippen MR) is 93.9 cm³/mol. The summed E-state index contributed by atoms with van der Waals surface area (Å²) in [6.45, 7) is 6.93. The van der Waals surface area contributed by atoms with Gasteiger partial charge in [-0.25, -0.2) is 23.1 Å². The number of hydrogen-bond acceptors (Lipinski definition) is 6. The van der Waals surface area contributed by atoms with E-state index in [2.05, 4.69) is 33.4 Å². The molecule has 1 atom stereocenters. The first-order valence-electron chi connectivity index (χ1n) is 8.03. The molecule has 0 spiro atoms. The van der Waals surface area contributed by atoms with Gasteiger partial charge in [-0.3, -0.25) is 4.90 Å². The standard InChI is InChI=1S/C15H26N4O2S2/c1-4-12(2)22-15-16-9-13(10-17-15)11-19-7-5-14(6-8-19)18-23(3,20)21/h9-10,12,14,18H,4-8,11H2,1-3H3/t12-/m1/s1. The van der Waals surface area contributed by atoms with Crippen LogP contribution in [0.5, 0.6) is 0 Å². The Labute approximate surface area is 143 Å². The summed E-state index contributed by atoms with van der Waals surface area (Å²) in [6.07, 6.45) is 7.81. The van der Waals surface area contributed by atoms with Gasteiger partial charge in [0.15, 0.2) is 5.16 Å². The lowest BCUT2D eigenvalue weighted by Gasteiger charge is -2.31. The monoisotopic (exact) mass is 358 g/mol. The van der Waals surface area contributed by atoms with E-state index in [0.29, 0.717) is 5.25 Å². The van der Waals surface area contributed by atoms with Crippen LogP contribution in [0.25, 0.3) is 0 Å². The number of sulfonamides is 1. The van der Waals surface area contributed by atoms with Crippen LogP contribution in [-0.4, -0.2) is 53.9 Å². The van der Waals surface area contributed by atoms with E-state index in [1.807, 2.05) is 12.4 Å². The van der Waals surface area contributed by atoms with Crippen LogP contribution in [0.15, 0.2) is 17.6 Å². The smallest absolute Gasteiger partial charge is 0.208 e. The minimum atomic E-state index is -3.11. The molecule has 0 bridgehead atoms. The van der Waals surface area contributed by atoms with Gasteiger partial charge in [0.2, 0.25) is 10.0 Å². The first-order valence-corrected chi connectivity index (χ1v) is 10.8. The molecule has 1 saturated heterocycles. The van der Waals surface area contributed by atoms with Gasteiger partial charge < -0.3 is 0 Å². The molecule has 1 aliphatic rings. The highest BCUT2D eigenvalue weighted by atomic mass is 32.2. The first kappa shape index (κ1) is 18.6. The molecule has 8 heteroatoms. The Kier molecular flexibility index (Phi) is 6.82. The van der Waals surface area contributed by atoms with Gasteiger partial charge in [0, 0.05) is 48.9 Å². The van der Waals surface area contributed by atoms with Gasteiger partial charge in [0.1, 0.15) is 0 Å². The Morgan fingerprint density at radius 1 is 1.35 bits per heavy atom. The van der Waals surface area contributed by atoms with Gasteiger partial charge in [-0.15, -0.1) is 0 Å². The number of piperidine rings is 1. The lowest BCUT2D eigenvalue weighted by atomic mass is 10.1. The Bertz CT molecular complexity index is 584. The van der Waals surface area contributed by atoms with E-state index in [1.54, 1.807) is 11.8 Å². The fourth-order valence-electron chi connectivity index (χ4n) is 2.52. The van der Waals surface area contributed by atoms with Crippen molar-refractivity contribution in [3.05, 3.63) is 18.0 Å². The number of aromatic nitrogens is 2. The second-order valence-electron chi connectivity index (χ2n) is 6.15. The van der Waals surface area contributed by atoms with E-state index in [-0.39, 0.29) is 6.04 Å². The summed E-state index contributed by atoms with van der Waals surface area (Å²) in [5, 5.41) is 1.36. The molecular weight excluding hydrogens is 332 g/mol. The maximum absolute atomic E-state index is 11.3. The van der Waals surface area contributed by atoms with Crippen molar-refractivity contribution >= 4 is 21.8 Å². The molecule has 0 unspecified atom stereocenters. The molecular formula is C15H26N4O2S2. The molecule has 1 aromatic heterocycles. The largest absolute Gasteiger partial charge is 0.299 e. The summed E-state index contributed by atoms with van der Waals surface area (Å²) in [5.74, 6) is 0. The topological polar surface area (TPSA) is 75.2 Å². The van der Waals surface area contributed by atoms with Gasteiger partial charge in [0.05, 0.1) is 6.26 Å². The van der Waals surface area contributed by atoms with Crippen molar-refractivity contribution in [2.75, 3.05) is 19.3 Å². The molecule has 0 amide bonds. The molecule has 0 radical (unpaired) electrons. The number of likely N-dealkylation sites (tertiary alicyclic amines) is 1. The molecule has 0 aromatic carbocycles. The quantitative estimate of drug-likeness (QED) is 0.592. The second kappa shape index (κ2) is 8.41. The van der Waals surface area contributed by atoms with Crippen LogP contribution in [-0.2, 0) is 16.6 Å². The van der Waals surface area contributed by atoms with Crippen molar-refractivity contribution in [2.45, 2.75) is 56.1 Å². The molecule has 0 saturated carbocycles. The SMILES string of the molecule is CC[C@@H](C)Sc1ncc(CN2CCC(NS(C)(=O)=O)CC2)cn1. The molecule has 1 aromatic rings. The van der Waals surface area contributed by atoms with Crippen molar-refractivity contribution in [1.29, 1.82) is 0 Å². The zero-order valence-electron chi connectivity index (χ0n) is 14.0. The Morgan fingerprint density at radius 2 is 1.96 bits per heavy atom. The van der Waals surface area contributed by atoms with E-state index in [4.69, 9.17) is 0 Å². The normalized spacial score (nSPS) is 18.9. The fourth-order valence-corrected chi connectivity index (χ4v) is 4.11. The van der Waals surface area contributed by atoms with Crippen molar-refractivity contribution in [3.8, 4) is 0 Å². The van der Waals surface area contributed by atoms with Crippen molar-refractivity contribution < 1.29 is 8.42 Å². The Hall–Kier alpha value is -0.700. The zero-order chi connectivity index (χ0) is 16.9. The maximum atomic E-state index is 11.3. The molecule has 6 nitrogen and oxygen atoms in total. The van der Waals surface area contributed by atoms with Crippen molar-refractivity contribution in [3.63, 3.8) is 0 Å². The third-order valence-corrected chi connectivity index (χ3v) is 5.86. The molecule has 2 rings (SSSR count). The number of nitrogens with one attached hydrogen (secondary N) is 1. The molecule has 2 heterocycles. The average Bonchev–Trinajstić information content (AvgIpc) is 2.49. The third-order valence-electron chi connectivity index (χ3n) is 3.94. The number of hydrogen-bond donors (Lipinski definition) is 1. The van der Waals surface area contributed by atoms with E-state index in [1.165, 1.54) is 6.26 Å². The highest BCUT2D eigenvalue weighted by Gasteiger charge is 2.21. The second-order valence-corrected chi connectivity index (χ2v) is 9.34. The van der Waals surface area contributed by atoms with Gasteiger partial charge in [-0.05, 0) is 19.3 Å². The summed E-state index contributed by atoms with van der Waals surface area (Å²) < 4.78 is 25.2. The Balaban J connectivity index is 1.80. The molecule has 1 aliphatic heterocycles. The van der Waals surface area contributed by atoms with Gasteiger partial charge in [-0.2, -0.15) is 0 Å². The van der Waals surface area contributed by atoms with Crippen LogP contribution in [0.4, 0.5) is 0 Å². The predicted octanol–water partition coefficient (Wildman–Crippen LogP) is 1.88. The van der Waals surface area contributed by atoms with Crippen LogP contribution in [0.2, 0.25) is 0 Å². The average molecular weight is 359 g/mol. The van der Waals surface area contributed by atoms with Crippen LogP contribution in [0.1, 0.15) is 38.7 Å². The van der Waals surface area contributed by atoms with Crippen molar-refractivity contribution in [2.24, 2.45) is 0 Å². The van der Waals surface area contributed by atoms with Crippen LogP contribution in [0, 0.1) is 0 Å². The number of nitrogens with zero attached hydrogens (tertiary/aromatic N) is 3. The van der Waals surface area contributed by atoms with Crippen molar-refractivity contribution in [1.82, 2.24) is 19.6 Å². The molecule has 23 heavy (non-hydrogen) atoms. The fraction of sp³-hybridized carbons (Fsp3) is 0.733. The molecule has 0 aliphatic carbocycles. The number of thioether (sulfide) groups is 1. The lowest BCUT2D eigenvalue weighted by Crippen LogP contribution is -2.43. The number of rotatable bonds is 7. The summed E-state index contributed by atoms with van der Waals surface area (Å²) in [6, 6.07) is 0.0619. The molecule has 130 valence electrons. The van der Waals surface area contributed by atoms with Gasteiger partial charge in [-0.1, -0.05) is 25.6 Å². The molecule has 1 N–H and O–H groups in total.